The van der Waals surface area contributed by atoms with Gasteiger partial charge in [-0.1, -0.05) is 30.3 Å². The molecule has 0 fully saturated rings. The van der Waals surface area contributed by atoms with Crippen LogP contribution in [-0.2, 0) is 0 Å². The zero-order valence-corrected chi connectivity index (χ0v) is 15.4. The molecule has 0 aliphatic heterocycles. The molecule has 5 heteroatoms. The molecule has 0 saturated carbocycles. The number of imidazole rings is 1. The number of nitrogens with one attached hydrogen (secondary N) is 1. The van der Waals surface area contributed by atoms with Crippen LogP contribution in [0.15, 0.2) is 91.5 Å². The van der Waals surface area contributed by atoms with Crippen molar-refractivity contribution in [1.82, 2.24) is 9.55 Å². The highest BCUT2D eigenvalue weighted by atomic mass is 32.1. The first-order valence-corrected chi connectivity index (χ1v) is 9.46. The molecular formula is C22H19N3OS. The number of aliphatic hydroxyl groups excluding tert-OH is 1. The highest BCUT2D eigenvalue weighted by Crippen LogP contribution is 2.28. The Bertz CT molecular complexity index is 1010. The van der Waals surface area contributed by atoms with Crippen LogP contribution in [-0.4, -0.2) is 20.9 Å². The van der Waals surface area contributed by atoms with Crippen LogP contribution in [0.5, 0.6) is 0 Å². The lowest BCUT2D eigenvalue weighted by atomic mass is 10.2. The van der Waals surface area contributed by atoms with E-state index in [0.29, 0.717) is 0 Å². The van der Waals surface area contributed by atoms with Crippen molar-refractivity contribution in [1.29, 1.82) is 0 Å². The van der Waals surface area contributed by atoms with Crippen LogP contribution in [0.2, 0.25) is 0 Å². The second-order valence-corrected chi connectivity index (χ2v) is 7.15. The molecule has 0 aliphatic rings. The van der Waals surface area contributed by atoms with Gasteiger partial charge in [-0.15, -0.1) is 11.3 Å². The van der Waals surface area contributed by atoms with Crippen LogP contribution < -0.4 is 5.32 Å². The lowest BCUT2D eigenvalue weighted by Gasteiger charge is -2.11. The van der Waals surface area contributed by atoms with Crippen molar-refractivity contribution in [3.63, 3.8) is 0 Å². The van der Waals surface area contributed by atoms with Gasteiger partial charge in [-0.05, 0) is 54.1 Å². The summed E-state index contributed by atoms with van der Waals surface area (Å²) in [6.07, 6.45) is 8.33. The predicted molar refractivity (Wildman–Crippen MR) is 112 cm³/mol. The molecule has 1 atom stereocenters. The fourth-order valence-corrected chi connectivity index (χ4v) is 3.67. The zero-order valence-electron chi connectivity index (χ0n) is 14.6. The third-order valence-electron chi connectivity index (χ3n) is 4.11. The van der Waals surface area contributed by atoms with Crippen molar-refractivity contribution in [2.45, 2.75) is 6.23 Å². The number of rotatable bonds is 6. The molecule has 0 aliphatic carbocycles. The molecule has 4 nitrogen and oxygen atoms in total. The van der Waals surface area contributed by atoms with Gasteiger partial charge in [0.25, 0.3) is 0 Å². The molecular weight excluding hydrogens is 354 g/mol. The van der Waals surface area contributed by atoms with E-state index in [1.807, 2.05) is 59.3 Å². The molecule has 27 heavy (non-hydrogen) atoms. The molecule has 4 rings (SSSR count). The van der Waals surface area contributed by atoms with E-state index >= 15 is 0 Å². The number of benzene rings is 2. The van der Waals surface area contributed by atoms with E-state index in [1.165, 1.54) is 10.4 Å². The number of thiophene rings is 1. The molecule has 2 N–H and O–H groups in total. The lowest BCUT2D eigenvalue weighted by Crippen LogP contribution is -2.15. The Morgan fingerprint density at radius 2 is 1.81 bits per heavy atom. The third-order valence-corrected chi connectivity index (χ3v) is 5.21. The summed E-state index contributed by atoms with van der Waals surface area (Å²) in [6, 6.07) is 22.3. The molecule has 0 amide bonds. The van der Waals surface area contributed by atoms with Crippen LogP contribution in [0.3, 0.4) is 0 Å². The Labute approximate surface area is 162 Å². The van der Waals surface area contributed by atoms with Gasteiger partial charge in [-0.3, -0.25) is 0 Å². The summed E-state index contributed by atoms with van der Waals surface area (Å²) in [5, 5.41) is 13.3. The normalized spacial score (nSPS) is 12.3. The summed E-state index contributed by atoms with van der Waals surface area (Å²) in [7, 11) is 0. The Morgan fingerprint density at radius 3 is 2.56 bits per heavy atom. The molecule has 2 aromatic carbocycles. The minimum atomic E-state index is -0.758. The second-order valence-electron chi connectivity index (χ2n) is 6.03. The maximum Gasteiger partial charge on any atom is 0.144 e. The van der Waals surface area contributed by atoms with Crippen molar-refractivity contribution in [3.05, 3.63) is 96.4 Å². The summed E-state index contributed by atoms with van der Waals surface area (Å²) in [5.41, 5.74) is 3.08. The van der Waals surface area contributed by atoms with Gasteiger partial charge in [0.1, 0.15) is 6.23 Å². The first-order chi connectivity index (χ1) is 13.3. The average Bonchev–Trinajstić information content (AvgIpc) is 3.40. The second kappa shape index (κ2) is 8.03. The number of aromatic nitrogens is 2. The van der Waals surface area contributed by atoms with E-state index in [9.17, 15) is 5.11 Å². The molecule has 4 aromatic rings. The molecule has 134 valence electrons. The number of nitrogens with zero attached hydrogens (tertiary/aromatic N) is 2. The Morgan fingerprint density at radius 1 is 1.00 bits per heavy atom. The average molecular weight is 373 g/mol. The largest absolute Gasteiger partial charge is 0.370 e. The monoisotopic (exact) mass is 373 g/mol. The van der Waals surface area contributed by atoms with E-state index in [0.717, 1.165) is 16.3 Å². The van der Waals surface area contributed by atoms with Crippen molar-refractivity contribution in [2.75, 3.05) is 5.32 Å². The van der Waals surface area contributed by atoms with Crippen LogP contribution >= 0.6 is 11.3 Å². The number of anilines is 1. The van der Waals surface area contributed by atoms with Crippen LogP contribution in [0.4, 0.5) is 5.69 Å². The molecule has 0 spiro atoms. The Hall–Kier alpha value is -3.15. The highest BCUT2D eigenvalue weighted by molar-refractivity contribution is 7.16. The van der Waals surface area contributed by atoms with Gasteiger partial charge in [-0.25, -0.2) is 4.98 Å². The SMILES string of the molecule is OC(/C=C/c1ccc(-c2ccccc2)s1)Nc1ccc(-n2ccnc2)cc1. The topological polar surface area (TPSA) is 50.1 Å². The maximum atomic E-state index is 10.2. The summed E-state index contributed by atoms with van der Waals surface area (Å²) in [4.78, 5) is 6.36. The number of hydrogen-bond donors (Lipinski definition) is 2. The number of aliphatic hydroxyl groups is 1. The molecule has 0 bridgehead atoms. The summed E-state index contributed by atoms with van der Waals surface area (Å²) >= 11 is 1.70. The van der Waals surface area contributed by atoms with E-state index < -0.39 is 6.23 Å². The van der Waals surface area contributed by atoms with E-state index in [1.54, 1.807) is 29.9 Å². The van der Waals surface area contributed by atoms with Crippen molar-refractivity contribution in [3.8, 4) is 16.1 Å². The van der Waals surface area contributed by atoms with Gasteiger partial charge in [0.2, 0.25) is 0 Å². The fraction of sp³-hybridized carbons (Fsp3) is 0.0455. The van der Waals surface area contributed by atoms with Gasteiger partial charge in [0.15, 0.2) is 0 Å². The van der Waals surface area contributed by atoms with Gasteiger partial charge >= 0.3 is 0 Å². The first kappa shape index (κ1) is 17.3. The van der Waals surface area contributed by atoms with E-state index in [4.69, 9.17) is 0 Å². The van der Waals surface area contributed by atoms with Crippen molar-refractivity contribution in [2.24, 2.45) is 0 Å². The Balaban J connectivity index is 1.38. The highest BCUT2D eigenvalue weighted by Gasteiger charge is 2.03. The van der Waals surface area contributed by atoms with Crippen LogP contribution in [0.25, 0.3) is 22.2 Å². The standard InChI is InChI=1S/C22H19N3OS/c26-22(24-18-6-8-19(9-7-18)25-15-14-23-16-25)13-11-20-10-12-21(27-20)17-4-2-1-3-5-17/h1-16,22,24,26H/b13-11+. The Kier molecular flexibility index (Phi) is 5.14. The predicted octanol–water partition coefficient (Wildman–Crippen LogP) is 5.04. The van der Waals surface area contributed by atoms with E-state index in [-0.39, 0.29) is 0 Å². The van der Waals surface area contributed by atoms with Crippen molar-refractivity contribution >= 4 is 23.1 Å². The molecule has 0 saturated heterocycles. The summed E-state index contributed by atoms with van der Waals surface area (Å²) < 4.78 is 1.93. The van der Waals surface area contributed by atoms with Gasteiger partial charge in [0.05, 0.1) is 6.33 Å². The first-order valence-electron chi connectivity index (χ1n) is 8.64. The van der Waals surface area contributed by atoms with E-state index in [2.05, 4.69) is 34.6 Å². The molecule has 2 aromatic heterocycles. The van der Waals surface area contributed by atoms with Gasteiger partial charge in [0, 0.05) is 33.5 Å². The van der Waals surface area contributed by atoms with Crippen LogP contribution in [0.1, 0.15) is 4.88 Å². The summed E-state index contributed by atoms with van der Waals surface area (Å²) in [6.45, 7) is 0. The minimum absolute atomic E-state index is 0.758. The number of hydrogen-bond acceptors (Lipinski definition) is 4. The smallest absolute Gasteiger partial charge is 0.144 e. The van der Waals surface area contributed by atoms with Gasteiger partial charge in [-0.2, -0.15) is 0 Å². The third kappa shape index (κ3) is 4.34. The van der Waals surface area contributed by atoms with Crippen LogP contribution in [0, 0.1) is 0 Å². The molecule has 1 unspecified atom stereocenters. The van der Waals surface area contributed by atoms with Crippen molar-refractivity contribution < 1.29 is 5.11 Å². The maximum absolute atomic E-state index is 10.2. The summed E-state index contributed by atoms with van der Waals surface area (Å²) in [5.74, 6) is 0. The minimum Gasteiger partial charge on any atom is -0.370 e. The quantitative estimate of drug-likeness (QED) is 0.465. The molecule has 2 heterocycles. The zero-order chi connectivity index (χ0) is 18.5. The molecule has 0 radical (unpaired) electrons. The van der Waals surface area contributed by atoms with Gasteiger partial charge < -0.3 is 15.0 Å². The fourth-order valence-electron chi connectivity index (χ4n) is 2.75. The lowest BCUT2D eigenvalue weighted by molar-refractivity contribution is 0.253.